The molecule has 0 aliphatic heterocycles. The molecular formula is C45H29BN2O3. The number of aromatic hydroxyl groups is 3. The lowest BCUT2D eigenvalue weighted by Crippen LogP contribution is -2.14. The van der Waals surface area contributed by atoms with E-state index in [4.69, 9.17) is 7.85 Å². The lowest BCUT2D eigenvalue weighted by atomic mass is 9.82. The predicted octanol–water partition coefficient (Wildman–Crippen LogP) is 9.82. The van der Waals surface area contributed by atoms with Gasteiger partial charge in [-0.3, -0.25) is 0 Å². The summed E-state index contributed by atoms with van der Waals surface area (Å²) in [5, 5.41) is 38.6. The van der Waals surface area contributed by atoms with Gasteiger partial charge >= 0.3 is 0 Å². The molecule has 0 amide bonds. The molecule has 3 N–H and O–H groups in total. The molecule has 5 nitrogen and oxygen atoms in total. The van der Waals surface area contributed by atoms with Crippen LogP contribution < -0.4 is 5.46 Å². The van der Waals surface area contributed by atoms with Gasteiger partial charge in [0.05, 0.1) is 33.0 Å². The Morgan fingerprint density at radius 1 is 0.510 bits per heavy atom. The van der Waals surface area contributed by atoms with Crippen LogP contribution in [0.2, 0.25) is 0 Å². The first-order valence-electron chi connectivity index (χ1n) is 17.2. The summed E-state index contributed by atoms with van der Waals surface area (Å²) < 4.78 is 4.37. The summed E-state index contributed by atoms with van der Waals surface area (Å²) in [5.74, 6) is -1.12. The van der Waals surface area contributed by atoms with Crippen LogP contribution in [-0.2, 0) is 5.41 Å². The Morgan fingerprint density at radius 3 is 2.02 bits per heavy atom. The lowest BCUT2D eigenvalue weighted by Gasteiger charge is -2.21. The maximum Gasteiger partial charge on any atom is 0.167 e. The van der Waals surface area contributed by atoms with E-state index >= 15 is 0 Å². The number of hydrogen-bond donors (Lipinski definition) is 3. The van der Waals surface area contributed by atoms with Gasteiger partial charge in [-0.2, -0.15) is 0 Å². The van der Waals surface area contributed by atoms with E-state index < -0.39 is 5.75 Å². The lowest BCUT2D eigenvalue weighted by molar-refractivity contribution is 0.407. The van der Waals surface area contributed by atoms with Crippen molar-refractivity contribution in [2.24, 2.45) is 0 Å². The van der Waals surface area contributed by atoms with E-state index in [-0.39, 0.29) is 22.4 Å². The van der Waals surface area contributed by atoms with Crippen LogP contribution in [0, 0.1) is 0 Å². The second kappa shape index (κ2) is 9.43. The molecule has 0 saturated heterocycles. The molecule has 3 heterocycles. The first-order chi connectivity index (χ1) is 24.8. The molecule has 0 fully saturated rings. The van der Waals surface area contributed by atoms with E-state index in [2.05, 4.69) is 128 Å². The normalized spacial score (nSPS) is 13.8. The van der Waals surface area contributed by atoms with Crippen molar-refractivity contribution in [2.75, 3.05) is 0 Å². The molecule has 0 spiro atoms. The van der Waals surface area contributed by atoms with Crippen LogP contribution in [0.5, 0.6) is 17.2 Å². The van der Waals surface area contributed by atoms with Crippen molar-refractivity contribution in [3.8, 4) is 45.2 Å². The summed E-state index contributed by atoms with van der Waals surface area (Å²) in [4.78, 5) is 0. The molecule has 0 bridgehead atoms. The van der Waals surface area contributed by atoms with Gasteiger partial charge in [0.1, 0.15) is 13.6 Å². The maximum absolute atomic E-state index is 11.4. The summed E-state index contributed by atoms with van der Waals surface area (Å²) >= 11 is 0. The third-order valence-corrected chi connectivity index (χ3v) is 11.5. The zero-order valence-corrected chi connectivity index (χ0v) is 27.9. The van der Waals surface area contributed by atoms with Gasteiger partial charge in [-0.1, -0.05) is 98.8 Å². The SMILES string of the molecule is [B]c1c(O)c(O)c2c3cccc4c5cccc(-c6ccc7c(c6)c6cc8c(cc6n7-c6ccccc6)C(C)(C)c6ccccc6-8)c5n(c2c1O)c43. The predicted molar refractivity (Wildman–Crippen MR) is 209 cm³/mol. The van der Waals surface area contributed by atoms with Crippen LogP contribution in [0.15, 0.2) is 121 Å². The Hall–Kier alpha value is -6.40. The summed E-state index contributed by atoms with van der Waals surface area (Å²) in [6, 6.07) is 42.9. The van der Waals surface area contributed by atoms with Crippen molar-refractivity contribution in [2.45, 2.75) is 19.3 Å². The molecule has 3 aromatic heterocycles. The van der Waals surface area contributed by atoms with E-state index in [9.17, 15) is 15.3 Å². The van der Waals surface area contributed by atoms with Crippen molar-refractivity contribution < 1.29 is 15.3 Å². The molecule has 0 atom stereocenters. The number of aromatic nitrogens is 2. The van der Waals surface area contributed by atoms with Crippen LogP contribution in [0.4, 0.5) is 0 Å². The zero-order valence-electron chi connectivity index (χ0n) is 27.9. The van der Waals surface area contributed by atoms with Crippen molar-refractivity contribution in [1.82, 2.24) is 8.97 Å². The van der Waals surface area contributed by atoms with Gasteiger partial charge in [0, 0.05) is 43.6 Å². The minimum absolute atomic E-state index is 0.131. The average Bonchev–Trinajstić information content (AvgIpc) is 3.85. The number of para-hydroxylation sites is 3. The molecular weight excluding hydrogens is 627 g/mol. The van der Waals surface area contributed by atoms with E-state index in [0.717, 1.165) is 60.4 Å². The molecule has 11 rings (SSSR count). The Bertz CT molecular complexity index is 3150. The summed E-state index contributed by atoms with van der Waals surface area (Å²) in [6.07, 6.45) is 0. The van der Waals surface area contributed by atoms with Gasteiger partial charge in [-0.15, -0.1) is 0 Å². The molecule has 6 heteroatoms. The minimum atomic E-state index is -0.517. The van der Waals surface area contributed by atoms with Crippen LogP contribution in [0.1, 0.15) is 25.0 Å². The Balaban J connectivity index is 1.27. The quantitative estimate of drug-likeness (QED) is 0.0986. The summed E-state index contributed by atoms with van der Waals surface area (Å²) in [7, 11) is 6.16. The largest absolute Gasteiger partial charge is 0.506 e. The number of phenols is 3. The Kier molecular flexibility index (Phi) is 5.26. The van der Waals surface area contributed by atoms with Crippen molar-refractivity contribution in [1.29, 1.82) is 0 Å². The van der Waals surface area contributed by atoms with Crippen molar-refractivity contribution >= 4 is 73.2 Å². The number of phenolic OH excluding ortho intramolecular Hbond substituents is 3. The van der Waals surface area contributed by atoms with E-state index in [1.165, 1.54) is 27.6 Å². The van der Waals surface area contributed by atoms with Crippen LogP contribution in [0.3, 0.4) is 0 Å². The minimum Gasteiger partial charge on any atom is -0.506 e. The number of fused-ring (bicyclic) bond motifs is 12. The Morgan fingerprint density at radius 2 is 1.20 bits per heavy atom. The number of nitrogens with zero attached hydrogens (tertiary/aromatic N) is 2. The van der Waals surface area contributed by atoms with E-state index in [1.54, 1.807) is 0 Å². The number of benzene rings is 7. The second-order valence-corrected chi connectivity index (χ2v) is 14.4. The van der Waals surface area contributed by atoms with Crippen LogP contribution in [-0.4, -0.2) is 32.1 Å². The fourth-order valence-electron chi connectivity index (χ4n) is 9.20. The van der Waals surface area contributed by atoms with E-state index in [1.807, 2.05) is 16.5 Å². The van der Waals surface area contributed by atoms with Gasteiger partial charge in [-0.05, 0) is 69.7 Å². The molecule has 240 valence electrons. The van der Waals surface area contributed by atoms with Gasteiger partial charge < -0.3 is 24.3 Å². The Labute approximate surface area is 293 Å². The van der Waals surface area contributed by atoms with Crippen molar-refractivity contribution in [3.63, 3.8) is 0 Å². The van der Waals surface area contributed by atoms with Crippen molar-refractivity contribution in [3.05, 3.63) is 132 Å². The van der Waals surface area contributed by atoms with Crippen LogP contribution >= 0.6 is 0 Å². The molecule has 7 aromatic carbocycles. The fourth-order valence-corrected chi connectivity index (χ4v) is 9.20. The highest BCUT2D eigenvalue weighted by Crippen LogP contribution is 2.52. The molecule has 1 aliphatic carbocycles. The average molecular weight is 657 g/mol. The highest BCUT2D eigenvalue weighted by molar-refractivity contribution is 6.40. The first kappa shape index (κ1) is 28.4. The molecule has 10 aromatic rings. The van der Waals surface area contributed by atoms with E-state index in [0.29, 0.717) is 10.9 Å². The topological polar surface area (TPSA) is 70.0 Å². The summed E-state index contributed by atoms with van der Waals surface area (Å²) in [6.45, 7) is 4.64. The smallest absolute Gasteiger partial charge is 0.167 e. The van der Waals surface area contributed by atoms with Gasteiger partial charge in [-0.25, -0.2) is 0 Å². The van der Waals surface area contributed by atoms with Crippen LogP contribution in [0.25, 0.3) is 87.8 Å². The maximum atomic E-state index is 11.4. The third kappa shape index (κ3) is 3.37. The first-order valence-corrected chi connectivity index (χ1v) is 17.2. The number of rotatable bonds is 2. The molecule has 51 heavy (non-hydrogen) atoms. The molecule has 2 radical (unpaired) electrons. The highest BCUT2D eigenvalue weighted by Gasteiger charge is 2.36. The fraction of sp³-hybridized carbons (Fsp3) is 0.0667. The zero-order chi connectivity index (χ0) is 34.5. The molecule has 1 aliphatic rings. The van der Waals surface area contributed by atoms with Gasteiger partial charge in [0.2, 0.25) is 0 Å². The molecule has 0 saturated carbocycles. The van der Waals surface area contributed by atoms with Gasteiger partial charge in [0.15, 0.2) is 11.5 Å². The second-order valence-electron chi connectivity index (χ2n) is 14.4. The molecule has 0 unspecified atom stereocenters. The highest BCUT2D eigenvalue weighted by atomic mass is 16.3. The monoisotopic (exact) mass is 656 g/mol. The summed E-state index contributed by atoms with van der Waals surface area (Å²) in [5.41, 5.74) is 12.3. The third-order valence-electron chi connectivity index (χ3n) is 11.5. The standard InChI is InChI=1S/C45H29BN2O3/c1-45(2)33-17-7-6-12-26(33)30-21-32-31-20-23(18-19-35(31)47(36(32)22-34(30)45)24-10-4-3-5-11-24)25-13-8-14-27-28-15-9-16-29-37-41(48(39(25)27)40(28)29)43(50)38(46)44(51)42(37)49/h3-22,49-51H,1-2H3. The van der Waals surface area contributed by atoms with Gasteiger partial charge in [0.25, 0.3) is 0 Å². The number of hydrogen-bond acceptors (Lipinski definition) is 3.